The Hall–Kier alpha value is -1.43. The molecule has 0 bridgehead atoms. The van der Waals surface area contributed by atoms with Gasteiger partial charge in [-0.05, 0) is 19.8 Å². The standard InChI is InChI=1S/C9H13N3O3/c1-6-10-11-8(4-15-5-9(13)14)12(6)7-2-3-7/h7H,2-5H2,1H3,(H,13,14). The minimum absolute atomic E-state index is 0.212. The van der Waals surface area contributed by atoms with Crippen LogP contribution in [0.15, 0.2) is 0 Å². The van der Waals surface area contributed by atoms with Crippen LogP contribution in [0.4, 0.5) is 0 Å². The number of carboxylic acid groups (broad SMARTS) is 1. The van der Waals surface area contributed by atoms with E-state index < -0.39 is 5.97 Å². The van der Waals surface area contributed by atoms with Crippen LogP contribution in [0.5, 0.6) is 0 Å². The van der Waals surface area contributed by atoms with Gasteiger partial charge in [-0.2, -0.15) is 0 Å². The van der Waals surface area contributed by atoms with Gasteiger partial charge in [0.2, 0.25) is 0 Å². The highest BCUT2D eigenvalue weighted by atomic mass is 16.5. The van der Waals surface area contributed by atoms with Crippen LogP contribution < -0.4 is 0 Å². The molecular weight excluding hydrogens is 198 g/mol. The lowest BCUT2D eigenvalue weighted by Crippen LogP contribution is -2.10. The normalized spacial score (nSPS) is 15.5. The highest BCUT2D eigenvalue weighted by molar-refractivity contribution is 5.67. The average molecular weight is 211 g/mol. The minimum Gasteiger partial charge on any atom is -0.480 e. The Morgan fingerprint density at radius 2 is 2.33 bits per heavy atom. The summed E-state index contributed by atoms with van der Waals surface area (Å²) in [6.45, 7) is 1.81. The van der Waals surface area contributed by atoms with Crippen molar-refractivity contribution in [3.63, 3.8) is 0 Å². The molecule has 1 aliphatic carbocycles. The molecule has 82 valence electrons. The molecule has 1 aromatic rings. The summed E-state index contributed by atoms with van der Waals surface area (Å²) >= 11 is 0. The molecular formula is C9H13N3O3. The van der Waals surface area contributed by atoms with E-state index in [2.05, 4.69) is 10.2 Å². The molecule has 15 heavy (non-hydrogen) atoms. The van der Waals surface area contributed by atoms with E-state index in [0.29, 0.717) is 6.04 Å². The summed E-state index contributed by atoms with van der Waals surface area (Å²) in [4.78, 5) is 10.3. The summed E-state index contributed by atoms with van der Waals surface area (Å²) in [7, 11) is 0. The van der Waals surface area contributed by atoms with Gasteiger partial charge < -0.3 is 14.4 Å². The number of nitrogens with zero attached hydrogens (tertiary/aromatic N) is 3. The van der Waals surface area contributed by atoms with Gasteiger partial charge in [0, 0.05) is 6.04 Å². The number of carbonyl (C=O) groups is 1. The van der Waals surface area contributed by atoms with Crippen LogP contribution in [-0.2, 0) is 16.1 Å². The fraction of sp³-hybridized carbons (Fsp3) is 0.667. The molecule has 1 aromatic heterocycles. The molecule has 0 amide bonds. The van der Waals surface area contributed by atoms with Gasteiger partial charge in [-0.1, -0.05) is 0 Å². The number of aryl methyl sites for hydroxylation is 1. The average Bonchev–Trinajstić information content (AvgIpc) is 2.92. The maximum absolute atomic E-state index is 10.3. The van der Waals surface area contributed by atoms with E-state index in [1.807, 2.05) is 11.5 Å². The predicted octanol–water partition coefficient (Wildman–Crippen LogP) is 0.523. The summed E-state index contributed by atoms with van der Waals surface area (Å²) in [6, 6.07) is 0.489. The van der Waals surface area contributed by atoms with E-state index in [9.17, 15) is 4.79 Å². The highest BCUT2D eigenvalue weighted by Gasteiger charge is 2.28. The predicted molar refractivity (Wildman–Crippen MR) is 50.3 cm³/mol. The third-order valence-corrected chi connectivity index (χ3v) is 2.31. The zero-order valence-electron chi connectivity index (χ0n) is 8.51. The van der Waals surface area contributed by atoms with Crippen molar-refractivity contribution < 1.29 is 14.6 Å². The van der Waals surface area contributed by atoms with Crippen molar-refractivity contribution >= 4 is 5.97 Å². The van der Waals surface area contributed by atoms with Crippen molar-refractivity contribution in [2.45, 2.75) is 32.4 Å². The first-order valence-corrected chi connectivity index (χ1v) is 4.88. The second kappa shape index (κ2) is 3.98. The van der Waals surface area contributed by atoms with E-state index >= 15 is 0 Å². The second-order valence-electron chi connectivity index (χ2n) is 3.65. The van der Waals surface area contributed by atoms with Gasteiger partial charge in [0.1, 0.15) is 19.0 Å². The van der Waals surface area contributed by atoms with Crippen LogP contribution in [0.1, 0.15) is 30.5 Å². The first-order chi connectivity index (χ1) is 7.18. The van der Waals surface area contributed by atoms with Crippen LogP contribution in [0.3, 0.4) is 0 Å². The molecule has 0 atom stereocenters. The molecule has 1 aliphatic rings. The Morgan fingerprint density at radius 3 is 2.93 bits per heavy atom. The van der Waals surface area contributed by atoms with Crippen molar-refractivity contribution in [1.29, 1.82) is 0 Å². The van der Waals surface area contributed by atoms with Gasteiger partial charge in [0.15, 0.2) is 5.82 Å². The lowest BCUT2D eigenvalue weighted by Gasteiger charge is -2.06. The van der Waals surface area contributed by atoms with Crippen LogP contribution >= 0.6 is 0 Å². The lowest BCUT2D eigenvalue weighted by atomic mass is 10.5. The van der Waals surface area contributed by atoms with Crippen LogP contribution in [0.25, 0.3) is 0 Å². The SMILES string of the molecule is Cc1nnc(COCC(=O)O)n1C1CC1. The van der Waals surface area contributed by atoms with Crippen LogP contribution in [-0.4, -0.2) is 32.4 Å². The van der Waals surface area contributed by atoms with E-state index in [1.54, 1.807) is 0 Å². The summed E-state index contributed by atoms with van der Waals surface area (Å²) in [6.07, 6.45) is 2.29. The Morgan fingerprint density at radius 1 is 1.60 bits per heavy atom. The molecule has 0 saturated heterocycles. The van der Waals surface area contributed by atoms with Gasteiger partial charge in [-0.25, -0.2) is 4.79 Å². The number of ether oxygens (including phenoxy) is 1. The number of hydrogen-bond donors (Lipinski definition) is 1. The maximum atomic E-state index is 10.3. The third-order valence-electron chi connectivity index (χ3n) is 2.31. The third kappa shape index (κ3) is 2.33. The van der Waals surface area contributed by atoms with Crippen molar-refractivity contribution in [2.75, 3.05) is 6.61 Å². The highest BCUT2D eigenvalue weighted by Crippen LogP contribution is 2.36. The van der Waals surface area contributed by atoms with Gasteiger partial charge in [-0.3, -0.25) is 0 Å². The summed E-state index contributed by atoms with van der Waals surface area (Å²) in [5.74, 6) is 0.617. The quantitative estimate of drug-likeness (QED) is 0.768. The van der Waals surface area contributed by atoms with Crippen LogP contribution in [0, 0.1) is 6.92 Å². The molecule has 6 nitrogen and oxygen atoms in total. The van der Waals surface area contributed by atoms with Gasteiger partial charge in [0.25, 0.3) is 0 Å². The topological polar surface area (TPSA) is 77.2 Å². The molecule has 0 unspecified atom stereocenters. The zero-order chi connectivity index (χ0) is 10.8. The molecule has 1 N–H and O–H groups in total. The maximum Gasteiger partial charge on any atom is 0.329 e. The summed E-state index contributed by atoms with van der Waals surface area (Å²) in [5.41, 5.74) is 0. The first kappa shape index (κ1) is 10.1. The van der Waals surface area contributed by atoms with Crippen molar-refractivity contribution in [3.05, 3.63) is 11.6 Å². The van der Waals surface area contributed by atoms with Gasteiger partial charge >= 0.3 is 5.97 Å². The molecule has 1 heterocycles. The number of aliphatic carboxylic acids is 1. The molecule has 2 rings (SSSR count). The first-order valence-electron chi connectivity index (χ1n) is 4.88. The second-order valence-corrected chi connectivity index (χ2v) is 3.65. The van der Waals surface area contributed by atoms with E-state index in [-0.39, 0.29) is 13.2 Å². The summed E-state index contributed by atoms with van der Waals surface area (Å²) in [5, 5.41) is 16.3. The van der Waals surface area contributed by atoms with Gasteiger partial charge in [0.05, 0.1) is 0 Å². The molecule has 1 saturated carbocycles. The van der Waals surface area contributed by atoms with Crippen molar-refractivity contribution in [1.82, 2.24) is 14.8 Å². The zero-order valence-corrected chi connectivity index (χ0v) is 8.51. The van der Waals surface area contributed by atoms with E-state index in [1.165, 1.54) is 0 Å². The number of aromatic nitrogens is 3. The smallest absolute Gasteiger partial charge is 0.329 e. The Bertz CT molecular complexity index is 371. The minimum atomic E-state index is -0.968. The molecule has 0 aromatic carbocycles. The molecule has 6 heteroatoms. The fourth-order valence-corrected chi connectivity index (χ4v) is 1.55. The molecule has 0 radical (unpaired) electrons. The van der Waals surface area contributed by atoms with E-state index in [0.717, 1.165) is 24.5 Å². The molecule has 1 fully saturated rings. The van der Waals surface area contributed by atoms with E-state index in [4.69, 9.17) is 9.84 Å². The monoisotopic (exact) mass is 211 g/mol. The molecule has 0 aliphatic heterocycles. The molecule has 0 spiro atoms. The lowest BCUT2D eigenvalue weighted by molar-refractivity contribution is -0.142. The van der Waals surface area contributed by atoms with Crippen molar-refractivity contribution in [3.8, 4) is 0 Å². The fourth-order valence-electron chi connectivity index (χ4n) is 1.55. The summed E-state index contributed by atoms with van der Waals surface area (Å²) < 4.78 is 7.02. The number of rotatable bonds is 5. The number of carboxylic acids is 1. The largest absolute Gasteiger partial charge is 0.480 e. The Balaban J connectivity index is 1.98. The Kier molecular flexibility index (Phi) is 2.68. The Labute approximate surface area is 86.9 Å². The van der Waals surface area contributed by atoms with Crippen LogP contribution in [0.2, 0.25) is 0 Å². The van der Waals surface area contributed by atoms with Crippen molar-refractivity contribution in [2.24, 2.45) is 0 Å². The van der Waals surface area contributed by atoms with Gasteiger partial charge in [-0.15, -0.1) is 10.2 Å². The number of hydrogen-bond acceptors (Lipinski definition) is 4.